The number of nitrogens with zero attached hydrogens (tertiary/aromatic N) is 3. The molecule has 2 aromatic carbocycles. The molecular weight excluding hydrogens is 430 g/mol. The van der Waals surface area contributed by atoms with Crippen LogP contribution < -0.4 is 9.47 Å². The summed E-state index contributed by atoms with van der Waals surface area (Å²) in [7, 11) is 5.01. The van der Waals surface area contributed by atoms with Crippen molar-refractivity contribution in [3.63, 3.8) is 0 Å². The van der Waals surface area contributed by atoms with Gasteiger partial charge in [-0.15, -0.1) is 22.7 Å². The summed E-state index contributed by atoms with van der Waals surface area (Å²) in [5, 5.41) is 1.68. The molecule has 0 bridgehead atoms. The fourth-order valence-electron chi connectivity index (χ4n) is 3.26. The minimum absolute atomic E-state index is 0.0616. The quantitative estimate of drug-likeness (QED) is 0.381. The van der Waals surface area contributed by atoms with E-state index in [0.717, 1.165) is 25.8 Å². The van der Waals surface area contributed by atoms with Crippen molar-refractivity contribution in [2.45, 2.75) is 19.9 Å². The minimum atomic E-state index is -0.143. The molecule has 0 N–H and O–H groups in total. The van der Waals surface area contributed by atoms with Crippen LogP contribution in [0.2, 0.25) is 0 Å². The summed E-state index contributed by atoms with van der Waals surface area (Å²) >= 11 is 3.00. The molecule has 0 aliphatic heterocycles. The highest BCUT2D eigenvalue weighted by Crippen LogP contribution is 2.36. The molecule has 0 fully saturated rings. The van der Waals surface area contributed by atoms with E-state index < -0.39 is 0 Å². The third-order valence-electron chi connectivity index (χ3n) is 5.19. The lowest BCUT2D eigenvalue weighted by atomic mass is 10.2. The molecule has 1 amide bonds. The smallest absolute Gasteiger partial charge is 0.266 e. The second-order valence-corrected chi connectivity index (χ2v) is 9.18. The molecule has 2 heterocycles. The molecule has 4 aromatic rings. The summed E-state index contributed by atoms with van der Waals surface area (Å²) in [6.07, 6.45) is 0. The number of carbonyl (C=O) groups excluding carboxylic acids is 1. The second kappa shape index (κ2) is 8.64. The number of carbonyl (C=O) groups is 1. The molecule has 0 saturated heterocycles. The maximum absolute atomic E-state index is 13.3. The molecule has 6 nitrogen and oxygen atoms in total. The molecular formula is C23H23N3O3S2. The molecule has 31 heavy (non-hydrogen) atoms. The summed E-state index contributed by atoms with van der Waals surface area (Å²) in [6.45, 7) is 3.87. The zero-order chi connectivity index (χ0) is 22.1. The number of aromatic nitrogens is 2. The van der Waals surface area contributed by atoms with Crippen molar-refractivity contribution in [1.29, 1.82) is 0 Å². The second-order valence-electron chi connectivity index (χ2n) is 7.12. The number of aryl methyl sites for hydroxylation is 1. The Morgan fingerprint density at radius 1 is 1.03 bits per heavy atom. The highest BCUT2D eigenvalue weighted by atomic mass is 32.1. The maximum atomic E-state index is 13.3. The number of para-hydroxylation sites is 1. The topological polar surface area (TPSA) is 64.5 Å². The van der Waals surface area contributed by atoms with Crippen LogP contribution in [0.5, 0.6) is 11.5 Å². The Morgan fingerprint density at radius 2 is 1.77 bits per heavy atom. The SMILES string of the molecule is COc1ccc(-c2nc(C)c(C(=O)N(C)C(C)c3nc4ccccc4s3)s2)cc1OC. The van der Waals surface area contributed by atoms with Gasteiger partial charge in [0.1, 0.15) is 14.9 Å². The van der Waals surface area contributed by atoms with Gasteiger partial charge in [-0.2, -0.15) is 0 Å². The fourth-order valence-corrected chi connectivity index (χ4v) is 5.37. The summed E-state index contributed by atoms with van der Waals surface area (Å²) in [4.78, 5) is 25.0. The minimum Gasteiger partial charge on any atom is -0.493 e. The summed E-state index contributed by atoms with van der Waals surface area (Å²) < 4.78 is 11.8. The first-order valence-corrected chi connectivity index (χ1v) is 11.4. The lowest BCUT2D eigenvalue weighted by Gasteiger charge is -2.22. The molecule has 160 valence electrons. The van der Waals surface area contributed by atoms with Crippen molar-refractivity contribution >= 4 is 38.8 Å². The number of methoxy groups -OCH3 is 2. The van der Waals surface area contributed by atoms with Gasteiger partial charge in [-0.05, 0) is 44.2 Å². The number of fused-ring (bicyclic) bond motifs is 1. The van der Waals surface area contributed by atoms with E-state index in [1.165, 1.54) is 11.3 Å². The van der Waals surface area contributed by atoms with Gasteiger partial charge in [0.15, 0.2) is 11.5 Å². The molecule has 2 aromatic heterocycles. The van der Waals surface area contributed by atoms with Crippen molar-refractivity contribution in [2.24, 2.45) is 0 Å². The van der Waals surface area contributed by atoms with Gasteiger partial charge in [0, 0.05) is 12.6 Å². The van der Waals surface area contributed by atoms with Crippen LogP contribution in [0.25, 0.3) is 20.8 Å². The van der Waals surface area contributed by atoms with E-state index in [9.17, 15) is 4.79 Å². The van der Waals surface area contributed by atoms with E-state index in [1.807, 2.05) is 63.4 Å². The van der Waals surface area contributed by atoms with Gasteiger partial charge in [0.2, 0.25) is 0 Å². The number of benzene rings is 2. The highest BCUT2D eigenvalue weighted by molar-refractivity contribution is 7.18. The highest BCUT2D eigenvalue weighted by Gasteiger charge is 2.25. The predicted molar refractivity (Wildman–Crippen MR) is 126 cm³/mol. The van der Waals surface area contributed by atoms with E-state index in [2.05, 4.69) is 4.98 Å². The van der Waals surface area contributed by atoms with Crippen LogP contribution in [0.1, 0.15) is 33.3 Å². The number of hydrogen-bond donors (Lipinski definition) is 0. The predicted octanol–water partition coefficient (Wildman–Crippen LogP) is 5.58. The van der Waals surface area contributed by atoms with Gasteiger partial charge in [-0.25, -0.2) is 9.97 Å². The molecule has 1 atom stereocenters. The lowest BCUT2D eigenvalue weighted by Crippen LogP contribution is -2.29. The monoisotopic (exact) mass is 453 g/mol. The summed E-state index contributed by atoms with van der Waals surface area (Å²) in [5.74, 6) is 1.22. The first-order valence-electron chi connectivity index (χ1n) is 9.75. The molecule has 4 rings (SSSR count). The number of thiazole rings is 2. The van der Waals surface area contributed by atoms with E-state index >= 15 is 0 Å². The van der Waals surface area contributed by atoms with Crippen LogP contribution in [0.4, 0.5) is 0 Å². The third kappa shape index (κ3) is 4.00. The van der Waals surface area contributed by atoms with E-state index in [4.69, 9.17) is 14.5 Å². The first kappa shape index (κ1) is 21.3. The molecule has 0 saturated carbocycles. The van der Waals surface area contributed by atoms with Gasteiger partial charge < -0.3 is 14.4 Å². The zero-order valence-electron chi connectivity index (χ0n) is 18.0. The Kier molecular flexibility index (Phi) is 5.93. The normalized spacial score (nSPS) is 12.0. The maximum Gasteiger partial charge on any atom is 0.266 e. The average Bonchev–Trinajstić information content (AvgIpc) is 3.40. The van der Waals surface area contributed by atoms with Crippen LogP contribution in [0, 0.1) is 6.92 Å². The van der Waals surface area contributed by atoms with Gasteiger partial charge >= 0.3 is 0 Å². The number of rotatable bonds is 6. The van der Waals surface area contributed by atoms with Gasteiger partial charge in [0.25, 0.3) is 5.91 Å². The average molecular weight is 454 g/mol. The van der Waals surface area contributed by atoms with E-state index in [-0.39, 0.29) is 11.9 Å². The molecule has 8 heteroatoms. The van der Waals surface area contributed by atoms with Crippen LogP contribution in [-0.2, 0) is 0 Å². The van der Waals surface area contributed by atoms with Gasteiger partial charge in [-0.3, -0.25) is 4.79 Å². The molecule has 1 unspecified atom stereocenters. The zero-order valence-corrected chi connectivity index (χ0v) is 19.6. The fraction of sp³-hybridized carbons (Fsp3) is 0.261. The van der Waals surface area contributed by atoms with E-state index in [0.29, 0.717) is 22.1 Å². The number of amides is 1. The van der Waals surface area contributed by atoms with Gasteiger partial charge in [-0.1, -0.05) is 12.1 Å². The lowest BCUT2D eigenvalue weighted by molar-refractivity contribution is 0.0746. The Labute approximate surface area is 189 Å². The van der Waals surface area contributed by atoms with Crippen molar-refractivity contribution < 1.29 is 14.3 Å². The van der Waals surface area contributed by atoms with Crippen LogP contribution in [-0.4, -0.2) is 42.0 Å². The van der Waals surface area contributed by atoms with Crippen molar-refractivity contribution in [1.82, 2.24) is 14.9 Å². The van der Waals surface area contributed by atoms with Crippen molar-refractivity contribution in [3.8, 4) is 22.1 Å². The molecule has 0 radical (unpaired) electrons. The third-order valence-corrected chi connectivity index (χ3v) is 7.59. The summed E-state index contributed by atoms with van der Waals surface area (Å²) in [5.41, 5.74) is 2.55. The molecule has 0 spiro atoms. The van der Waals surface area contributed by atoms with Crippen LogP contribution >= 0.6 is 22.7 Å². The van der Waals surface area contributed by atoms with Gasteiger partial charge in [0.05, 0.1) is 36.2 Å². The molecule has 0 aliphatic rings. The first-order chi connectivity index (χ1) is 14.9. The number of hydrogen-bond acceptors (Lipinski definition) is 7. The standard InChI is InChI=1S/C23H23N3O3S2/c1-13-20(31-22(24-13)15-10-11-17(28-4)18(12-15)29-5)23(27)26(3)14(2)21-25-16-8-6-7-9-19(16)30-21/h6-12,14H,1-5H3. The van der Waals surface area contributed by atoms with Crippen LogP contribution in [0.15, 0.2) is 42.5 Å². The van der Waals surface area contributed by atoms with E-state index in [1.54, 1.807) is 30.5 Å². The Morgan fingerprint density at radius 3 is 2.48 bits per heavy atom. The summed E-state index contributed by atoms with van der Waals surface area (Å²) in [6, 6.07) is 13.5. The van der Waals surface area contributed by atoms with Crippen LogP contribution in [0.3, 0.4) is 0 Å². The van der Waals surface area contributed by atoms with Crippen molar-refractivity contribution in [3.05, 3.63) is 58.0 Å². The molecule has 0 aliphatic carbocycles. The Bertz CT molecular complexity index is 1220. The Hall–Kier alpha value is -2.97. The Balaban J connectivity index is 1.61. The van der Waals surface area contributed by atoms with Crippen molar-refractivity contribution in [2.75, 3.05) is 21.3 Å². The number of ether oxygens (including phenoxy) is 2. The largest absolute Gasteiger partial charge is 0.493 e.